The number of methoxy groups -OCH3 is 1. The van der Waals surface area contributed by atoms with E-state index in [9.17, 15) is 14.3 Å². The molecule has 12 heteroatoms. The number of nitrogens with zero attached hydrogens (tertiary/aromatic N) is 7. The minimum Gasteiger partial charge on any atom is -0.493 e. The van der Waals surface area contributed by atoms with Crippen LogP contribution >= 0.6 is 0 Å². The van der Waals surface area contributed by atoms with Crippen LogP contribution in [-0.4, -0.2) is 90.6 Å². The first-order valence-electron chi connectivity index (χ1n) is 15.0. The molecule has 7 rings (SSSR count). The van der Waals surface area contributed by atoms with E-state index in [1.54, 1.807) is 17.8 Å². The van der Waals surface area contributed by atoms with Crippen molar-refractivity contribution in [2.24, 2.45) is 5.92 Å². The lowest BCUT2D eigenvalue weighted by atomic mass is 9.87. The summed E-state index contributed by atoms with van der Waals surface area (Å²) in [6.07, 6.45) is 8.44. The number of aliphatic hydroxyl groups is 1. The predicted octanol–water partition coefficient (Wildman–Crippen LogP) is 3.20. The van der Waals surface area contributed by atoms with E-state index in [-0.39, 0.29) is 18.1 Å². The topological polar surface area (TPSA) is 110 Å². The fourth-order valence-electron chi connectivity index (χ4n) is 6.96. The Morgan fingerprint density at radius 2 is 2.05 bits per heavy atom. The van der Waals surface area contributed by atoms with Crippen LogP contribution in [-0.2, 0) is 17.8 Å². The monoisotopic (exact) mass is 601 g/mol. The van der Waals surface area contributed by atoms with Gasteiger partial charge in [0.15, 0.2) is 23.1 Å². The minimum absolute atomic E-state index is 0.0236. The normalized spacial score (nSPS) is 18.8. The van der Waals surface area contributed by atoms with Gasteiger partial charge in [0.2, 0.25) is 5.91 Å². The molecule has 1 saturated heterocycles. The first kappa shape index (κ1) is 28.5. The second-order valence-electron chi connectivity index (χ2n) is 11.9. The van der Waals surface area contributed by atoms with Crippen molar-refractivity contribution in [2.45, 2.75) is 44.4 Å². The number of halogens is 1. The van der Waals surface area contributed by atoms with Crippen molar-refractivity contribution in [1.82, 2.24) is 34.2 Å². The largest absolute Gasteiger partial charge is 0.493 e. The molecule has 6 heterocycles. The van der Waals surface area contributed by atoms with E-state index in [1.165, 1.54) is 36.7 Å². The maximum Gasteiger partial charge on any atom is 0.245 e. The smallest absolute Gasteiger partial charge is 0.245 e. The van der Waals surface area contributed by atoms with Crippen molar-refractivity contribution in [3.63, 3.8) is 0 Å². The van der Waals surface area contributed by atoms with Gasteiger partial charge in [-0.1, -0.05) is 6.58 Å². The van der Waals surface area contributed by atoms with E-state index >= 15 is 0 Å². The number of amides is 1. The standard InChI is InChI=1S/C32H36FN7O4/c1-4-29(42)37-17-22(18-37)32(8-9-32)38-10-7-25-20(2)30(36-39(25)12-11-38)21-13-26(31-27(43-3)15-35-40(31)16-21)44-28(19-41)24-6-5-23(33)14-34-24/h4-6,13-16,22,28,41H,1,7-12,17-19H2,2-3H3/t28-/m1/s1. The number of hydrogen-bond acceptors (Lipinski definition) is 8. The summed E-state index contributed by atoms with van der Waals surface area (Å²) in [6.45, 7) is 9.64. The number of fused-ring (bicyclic) bond motifs is 2. The number of ether oxygens (including phenoxy) is 2. The Hall–Kier alpha value is -4.29. The molecule has 4 aromatic rings. The summed E-state index contributed by atoms with van der Waals surface area (Å²) < 4.78 is 29.2. The summed E-state index contributed by atoms with van der Waals surface area (Å²) in [5.41, 5.74) is 5.17. The van der Waals surface area contributed by atoms with E-state index < -0.39 is 11.9 Å². The van der Waals surface area contributed by atoms with Gasteiger partial charge in [-0.2, -0.15) is 10.2 Å². The summed E-state index contributed by atoms with van der Waals surface area (Å²) >= 11 is 0. The summed E-state index contributed by atoms with van der Waals surface area (Å²) in [6, 6.07) is 4.68. The van der Waals surface area contributed by atoms with Crippen molar-refractivity contribution in [1.29, 1.82) is 0 Å². The number of aliphatic hydroxyl groups excluding tert-OH is 1. The quantitative estimate of drug-likeness (QED) is 0.292. The maximum atomic E-state index is 13.5. The Balaban J connectivity index is 1.15. The second-order valence-corrected chi connectivity index (χ2v) is 11.9. The fourth-order valence-corrected chi connectivity index (χ4v) is 6.96. The van der Waals surface area contributed by atoms with Crippen molar-refractivity contribution < 1.29 is 23.8 Å². The van der Waals surface area contributed by atoms with E-state index in [1.807, 2.05) is 17.2 Å². The number of carbonyl (C=O) groups is 1. The minimum atomic E-state index is -0.826. The van der Waals surface area contributed by atoms with Crippen LogP contribution in [0.5, 0.6) is 11.5 Å². The molecule has 230 valence electrons. The molecule has 2 fully saturated rings. The highest BCUT2D eigenvalue weighted by molar-refractivity contribution is 5.87. The molecule has 1 saturated carbocycles. The highest BCUT2D eigenvalue weighted by Gasteiger charge is 2.57. The van der Waals surface area contributed by atoms with Gasteiger partial charge in [-0.3, -0.25) is 19.4 Å². The van der Waals surface area contributed by atoms with Crippen LogP contribution in [0.25, 0.3) is 16.8 Å². The Morgan fingerprint density at radius 1 is 1.23 bits per heavy atom. The summed E-state index contributed by atoms with van der Waals surface area (Å²) in [4.78, 5) is 20.6. The van der Waals surface area contributed by atoms with E-state index in [0.29, 0.717) is 28.6 Å². The average molecular weight is 602 g/mol. The molecule has 0 spiro atoms. The zero-order valence-corrected chi connectivity index (χ0v) is 24.9. The van der Waals surface area contributed by atoms with Gasteiger partial charge in [-0.05, 0) is 49.6 Å². The van der Waals surface area contributed by atoms with Crippen molar-refractivity contribution in [3.05, 3.63) is 72.2 Å². The highest BCUT2D eigenvalue weighted by atomic mass is 19.1. The number of likely N-dealkylation sites (tertiary alicyclic amines) is 1. The zero-order chi connectivity index (χ0) is 30.6. The van der Waals surface area contributed by atoms with Crippen LogP contribution in [0.15, 0.2) is 49.4 Å². The van der Waals surface area contributed by atoms with Gasteiger partial charge < -0.3 is 19.5 Å². The third-order valence-electron chi connectivity index (χ3n) is 9.59. The average Bonchev–Trinajstić information content (AvgIpc) is 3.65. The molecule has 0 unspecified atom stereocenters. The van der Waals surface area contributed by atoms with E-state index in [4.69, 9.17) is 14.6 Å². The number of hydrogen-bond donors (Lipinski definition) is 1. The molecule has 1 N–H and O–H groups in total. The number of rotatable bonds is 9. The third kappa shape index (κ3) is 4.72. The summed E-state index contributed by atoms with van der Waals surface area (Å²) in [7, 11) is 1.56. The molecule has 3 aliphatic rings. The third-order valence-corrected chi connectivity index (χ3v) is 9.59. The molecule has 11 nitrogen and oxygen atoms in total. The maximum absolute atomic E-state index is 13.5. The molecule has 44 heavy (non-hydrogen) atoms. The predicted molar refractivity (Wildman–Crippen MR) is 160 cm³/mol. The van der Waals surface area contributed by atoms with E-state index in [2.05, 4.69) is 33.2 Å². The molecule has 0 radical (unpaired) electrons. The van der Waals surface area contributed by atoms with Crippen LogP contribution in [0.3, 0.4) is 0 Å². The Bertz CT molecular complexity index is 1720. The lowest BCUT2D eigenvalue weighted by Crippen LogP contribution is -2.59. The van der Waals surface area contributed by atoms with Crippen molar-refractivity contribution in [3.8, 4) is 22.8 Å². The number of carbonyl (C=O) groups excluding carboxylic acids is 1. The van der Waals surface area contributed by atoms with Crippen LogP contribution in [0, 0.1) is 18.7 Å². The number of aromatic nitrogens is 5. The van der Waals surface area contributed by atoms with Crippen LogP contribution in [0.2, 0.25) is 0 Å². The molecule has 2 aliphatic heterocycles. The second kappa shape index (κ2) is 11.0. The number of pyridine rings is 2. The van der Waals surface area contributed by atoms with Crippen LogP contribution in [0.4, 0.5) is 4.39 Å². The van der Waals surface area contributed by atoms with Gasteiger partial charge in [-0.25, -0.2) is 8.91 Å². The van der Waals surface area contributed by atoms with E-state index in [0.717, 1.165) is 62.2 Å². The Kier molecular flexibility index (Phi) is 7.13. The zero-order valence-electron chi connectivity index (χ0n) is 24.9. The molecule has 1 aliphatic carbocycles. The van der Waals surface area contributed by atoms with Gasteiger partial charge in [-0.15, -0.1) is 0 Å². The lowest BCUT2D eigenvalue weighted by Gasteiger charge is -2.47. The molecule has 0 aromatic carbocycles. The summed E-state index contributed by atoms with van der Waals surface area (Å²) in [5.74, 6) is 1.03. The first-order chi connectivity index (χ1) is 21.3. The van der Waals surface area contributed by atoms with Gasteiger partial charge >= 0.3 is 0 Å². The highest BCUT2D eigenvalue weighted by Crippen LogP contribution is 2.51. The SMILES string of the molecule is C=CC(=O)N1CC(C2(N3CCc4c(C)c(-c5cc(O[C@H](CO)c6ccc(F)cn6)c6c(OC)cnn6c5)nn4CC3)CC2)C1. The van der Waals surface area contributed by atoms with Crippen molar-refractivity contribution >= 4 is 11.4 Å². The molecular formula is C32H36FN7O4. The molecule has 1 amide bonds. The van der Waals surface area contributed by atoms with Gasteiger partial charge in [0.05, 0.1) is 44.0 Å². The van der Waals surface area contributed by atoms with Crippen LogP contribution < -0.4 is 9.47 Å². The molecular weight excluding hydrogens is 565 g/mol. The first-order valence-corrected chi connectivity index (χ1v) is 15.0. The fraction of sp³-hybridized carbons (Fsp3) is 0.438. The Morgan fingerprint density at radius 3 is 2.73 bits per heavy atom. The van der Waals surface area contributed by atoms with Gasteiger partial charge in [0.25, 0.3) is 0 Å². The van der Waals surface area contributed by atoms with Crippen molar-refractivity contribution in [2.75, 3.05) is 39.9 Å². The lowest BCUT2D eigenvalue weighted by molar-refractivity contribution is -0.134. The molecule has 1 atom stereocenters. The van der Waals surface area contributed by atoms with Gasteiger partial charge in [0, 0.05) is 61.5 Å². The summed E-state index contributed by atoms with van der Waals surface area (Å²) in [5, 5.41) is 19.7. The van der Waals surface area contributed by atoms with Crippen LogP contribution in [0.1, 0.15) is 35.9 Å². The molecule has 4 aromatic heterocycles. The van der Waals surface area contributed by atoms with Gasteiger partial charge in [0.1, 0.15) is 5.82 Å². The molecule has 0 bridgehead atoms. The Labute approximate surface area is 254 Å².